The van der Waals surface area contributed by atoms with E-state index in [0.717, 1.165) is 23.3 Å². The van der Waals surface area contributed by atoms with Crippen molar-refractivity contribution in [2.24, 2.45) is 10.9 Å². The number of nitrogens with one attached hydrogen (secondary N) is 2. The number of fused-ring (bicyclic) bond motifs is 2. The van der Waals surface area contributed by atoms with Crippen LogP contribution in [0.15, 0.2) is 72.2 Å². The van der Waals surface area contributed by atoms with Gasteiger partial charge < -0.3 is 24.6 Å². The van der Waals surface area contributed by atoms with Crippen LogP contribution >= 0.6 is 0 Å². The number of imidazole rings is 2. The number of amides is 2. The van der Waals surface area contributed by atoms with Crippen LogP contribution in [0.2, 0.25) is 0 Å². The Labute approximate surface area is 201 Å². The lowest BCUT2D eigenvalue weighted by Gasteiger charge is -2.30. The molecule has 0 saturated heterocycles. The van der Waals surface area contributed by atoms with Crippen molar-refractivity contribution in [2.45, 2.75) is 13.1 Å². The van der Waals surface area contributed by atoms with Gasteiger partial charge in [-0.05, 0) is 6.07 Å². The maximum Gasteiger partial charge on any atom is 0.270 e. The zero-order valence-electron chi connectivity index (χ0n) is 19.1. The van der Waals surface area contributed by atoms with E-state index >= 15 is 0 Å². The number of pyridine rings is 1. The monoisotopic (exact) mass is 468 g/mol. The zero-order valence-corrected chi connectivity index (χ0v) is 19.1. The summed E-state index contributed by atoms with van der Waals surface area (Å²) in [5, 5.41) is 10.7. The summed E-state index contributed by atoms with van der Waals surface area (Å²) in [6, 6.07) is 13.3. The molecule has 35 heavy (non-hydrogen) atoms. The third kappa shape index (κ3) is 4.33. The average Bonchev–Trinajstić information content (AvgIpc) is 3.53. The van der Waals surface area contributed by atoms with Crippen molar-refractivity contribution in [3.05, 3.63) is 73.1 Å². The molecule has 5 rings (SSSR count). The van der Waals surface area contributed by atoms with E-state index in [1.807, 2.05) is 57.9 Å². The standard InChI is InChI=1S/C25H24N8O2/c1-27-23(19(14-26)25(35)33-12-11-31-10-8-28-22(31)16-33)24(34)29-18-7-9-32-15-20(30-21(32)13-18)17-5-3-2-4-6-17/h2-10,13-15,19,26H,11-12,16H2,1H3,(H,29,34). The number of carbonyl (C=O) groups is 2. The molecule has 10 heteroatoms. The molecule has 176 valence electrons. The smallest absolute Gasteiger partial charge is 0.270 e. The minimum atomic E-state index is -1.08. The number of nitrogens with zero attached hydrogens (tertiary/aromatic N) is 6. The molecule has 1 unspecified atom stereocenters. The van der Waals surface area contributed by atoms with Crippen LogP contribution in [-0.4, -0.2) is 61.2 Å². The van der Waals surface area contributed by atoms with E-state index in [4.69, 9.17) is 5.41 Å². The van der Waals surface area contributed by atoms with Crippen LogP contribution in [0.1, 0.15) is 5.82 Å². The van der Waals surface area contributed by atoms with Crippen molar-refractivity contribution in [2.75, 3.05) is 18.9 Å². The third-order valence-electron chi connectivity index (χ3n) is 6.04. The molecule has 1 aliphatic heterocycles. The number of carbonyl (C=O) groups excluding carboxylic acids is 2. The number of hydrogen-bond donors (Lipinski definition) is 2. The van der Waals surface area contributed by atoms with E-state index < -0.39 is 11.8 Å². The van der Waals surface area contributed by atoms with Gasteiger partial charge in [0, 0.05) is 68.5 Å². The summed E-state index contributed by atoms with van der Waals surface area (Å²) in [6.45, 7) is 1.42. The van der Waals surface area contributed by atoms with Gasteiger partial charge in [0.1, 0.15) is 23.1 Å². The van der Waals surface area contributed by atoms with E-state index in [9.17, 15) is 9.59 Å². The average molecular weight is 469 g/mol. The van der Waals surface area contributed by atoms with E-state index in [2.05, 4.69) is 20.3 Å². The Morgan fingerprint density at radius 2 is 2.00 bits per heavy atom. The van der Waals surface area contributed by atoms with E-state index in [0.29, 0.717) is 31.0 Å². The van der Waals surface area contributed by atoms with E-state index in [1.165, 1.54) is 7.05 Å². The number of aliphatic imine (C=N–C) groups is 1. The van der Waals surface area contributed by atoms with Gasteiger partial charge >= 0.3 is 0 Å². The molecule has 1 aromatic carbocycles. The second-order valence-electron chi connectivity index (χ2n) is 8.18. The van der Waals surface area contributed by atoms with Crippen molar-refractivity contribution in [1.82, 2.24) is 23.8 Å². The second-order valence-corrected chi connectivity index (χ2v) is 8.18. The Bertz CT molecular complexity index is 1440. The summed E-state index contributed by atoms with van der Waals surface area (Å²) >= 11 is 0. The van der Waals surface area contributed by atoms with Gasteiger partial charge in [-0.2, -0.15) is 0 Å². The Balaban J connectivity index is 1.32. The van der Waals surface area contributed by atoms with Gasteiger partial charge in [0.25, 0.3) is 5.91 Å². The fraction of sp³-hybridized carbons (Fsp3) is 0.200. The lowest BCUT2D eigenvalue weighted by Crippen LogP contribution is -2.46. The van der Waals surface area contributed by atoms with Gasteiger partial charge in [-0.1, -0.05) is 30.3 Å². The summed E-state index contributed by atoms with van der Waals surface area (Å²) in [6.07, 6.45) is 8.26. The fourth-order valence-corrected chi connectivity index (χ4v) is 4.21. The van der Waals surface area contributed by atoms with Gasteiger partial charge in [0.15, 0.2) is 0 Å². The minimum absolute atomic E-state index is 0.0212. The van der Waals surface area contributed by atoms with Gasteiger partial charge in [0.05, 0.1) is 12.2 Å². The molecule has 2 amide bonds. The molecule has 4 aromatic rings. The highest BCUT2D eigenvalue weighted by molar-refractivity contribution is 6.49. The predicted molar refractivity (Wildman–Crippen MR) is 133 cm³/mol. The molecule has 1 atom stereocenters. The van der Waals surface area contributed by atoms with Gasteiger partial charge in [-0.15, -0.1) is 0 Å². The molecule has 1 aliphatic rings. The quantitative estimate of drug-likeness (QED) is 0.422. The Kier molecular flexibility index (Phi) is 5.92. The number of anilines is 1. The van der Waals surface area contributed by atoms with Crippen molar-refractivity contribution in [1.29, 1.82) is 5.41 Å². The summed E-state index contributed by atoms with van der Waals surface area (Å²) in [7, 11) is 1.45. The van der Waals surface area contributed by atoms with Crippen molar-refractivity contribution in [3.63, 3.8) is 0 Å². The van der Waals surface area contributed by atoms with E-state index in [1.54, 1.807) is 23.2 Å². The molecule has 0 bridgehead atoms. The lowest BCUT2D eigenvalue weighted by molar-refractivity contribution is -0.133. The fourth-order valence-electron chi connectivity index (χ4n) is 4.21. The van der Waals surface area contributed by atoms with Crippen LogP contribution in [-0.2, 0) is 22.7 Å². The maximum atomic E-state index is 13.2. The van der Waals surface area contributed by atoms with Crippen LogP contribution in [0.25, 0.3) is 16.9 Å². The summed E-state index contributed by atoms with van der Waals surface area (Å²) in [4.78, 5) is 40.9. The van der Waals surface area contributed by atoms with Crippen LogP contribution in [0, 0.1) is 11.3 Å². The van der Waals surface area contributed by atoms with Gasteiger partial charge in [-0.25, -0.2) is 9.97 Å². The second kappa shape index (κ2) is 9.34. The van der Waals surface area contributed by atoms with Gasteiger partial charge in [-0.3, -0.25) is 14.6 Å². The Hall–Kier alpha value is -4.60. The number of rotatable bonds is 6. The molecule has 3 aromatic heterocycles. The van der Waals surface area contributed by atoms with Crippen LogP contribution in [0.3, 0.4) is 0 Å². The number of aromatic nitrogens is 4. The topological polar surface area (TPSA) is 121 Å². The largest absolute Gasteiger partial charge is 0.333 e. The minimum Gasteiger partial charge on any atom is -0.333 e. The Morgan fingerprint density at radius 1 is 1.17 bits per heavy atom. The molecule has 0 saturated carbocycles. The molecular formula is C25H24N8O2. The highest BCUT2D eigenvalue weighted by Gasteiger charge is 2.33. The van der Waals surface area contributed by atoms with E-state index in [-0.39, 0.29) is 11.6 Å². The molecule has 0 fully saturated rings. The molecular weight excluding hydrogens is 444 g/mol. The summed E-state index contributed by atoms with van der Waals surface area (Å²) < 4.78 is 3.86. The normalized spacial score (nSPS) is 14.4. The van der Waals surface area contributed by atoms with Crippen molar-refractivity contribution < 1.29 is 9.59 Å². The first kappa shape index (κ1) is 22.2. The van der Waals surface area contributed by atoms with Crippen LogP contribution in [0.4, 0.5) is 5.69 Å². The highest BCUT2D eigenvalue weighted by Crippen LogP contribution is 2.21. The first-order chi connectivity index (χ1) is 17.1. The molecule has 4 heterocycles. The number of hydrogen-bond acceptors (Lipinski definition) is 6. The predicted octanol–water partition coefficient (Wildman–Crippen LogP) is 2.52. The summed E-state index contributed by atoms with van der Waals surface area (Å²) in [5.74, 6) is -1.19. The third-order valence-corrected chi connectivity index (χ3v) is 6.04. The number of benzene rings is 1. The molecule has 0 radical (unpaired) electrons. The van der Waals surface area contributed by atoms with Crippen LogP contribution < -0.4 is 5.32 Å². The zero-order chi connectivity index (χ0) is 24.4. The maximum absolute atomic E-state index is 13.2. The molecule has 10 nitrogen and oxygen atoms in total. The first-order valence-corrected chi connectivity index (χ1v) is 11.2. The Morgan fingerprint density at radius 3 is 2.77 bits per heavy atom. The summed E-state index contributed by atoms with van der Waals surface area (Å²) in [5.41, 5.74) is 2.98. The molecule has 2 N–H and O–H groups in total. The molecule has 0 spiro atoms. The van der Waals surface area contributed by atoms with Gasteiger partial charge in [0.2, 0.25) is 5.91 Å². The molecule has 0 aliphatic carbocycles. The van der Waals surface area contributed by atoms with Crippen molar-refractivity contribution >= 4 is 35.1 Å². The lowest BCUT2D eigenvalue weighted by atomic mass is 10.0. The van der Waals surface area contributed by atoms with Crippen molar-refractivity contribution in [3.8, 4) is 11.3 Å². The highest BCUT2D eigenvalue weighted by atomic mass is 16.2. The van der Waals surface area contributed by atoms with Crippen LogP contribution in [0.5, 0.6) is 0 Å². The SMILES string of the molecule is CN=C(C(=O)Nc1ccn2cc(-c3ccccc3)nc2c1)C(C=N)C(=O)N1CCn2ccnc2C1. The first-order valence-electron chi connectivity index (χ1n) is 11.2.